The molecule has 1 fully saturated rings. The smallest absolute Gasteiger partial charge is 0.332 e. The van der Waals surface area contributed by atoms with E-state index in [1.54, 1.807) is 7.11 Å². The van der Waals surface area contributed by atoms with E-state index in [0.717, 1.165) is 48.1 Å². The summed E-state index contributed by atoms with van der Waals surface area (Å²) in [5, 5.41) is 0. The average Bonchev–Trinajstić information content (AvgIpc) is 3.01. The summed E-state index contributed by atoms with van der Waals surface area (Å²) in [6, 6.07) is 7.98. The molecule has 0 amide bonds. The number of ketones is 1. The van der Waals surface area contributed by atoms with E-state index in [1.807, 2.05) is 31.2 Å². The number of hydrogen-bond donors (Lipinski definition) is 1. The molecule has 1 unspecified atom stereocenters. The quantitative estimate of drug-likeness (QED) is 0.680. The summed E-state index contributed by atoms with van der Waals surface area (Å²) in [6.45, 7) is 3.12. The minimum Gasteiger partial charge on any atom is -0.497 e. The summed E-state index contributed by atoms with van der Waals surface area (Å²) in [4.78, 5) is 40.6. The zero-order chi connectivity index (χ0) is 22.5. The molecule has 168 valence electrons. The van der Waals surface area contributed by atoms with Crippen LogP contribution in [0.4, 0.5) is 5.82 Å². The molecule has 2 aromatic rings. The third-order valence-electron chi connectivity index (χ3n) is 6.02. The van der Waals surface area contributed by atoms with E-state index in [9.17, 15) is 14.4 Å². The van der Waals surface area contributed by atoms with Crippen molar-refractivity contribution in [2.24, 2.45) is 7.05 Å². The molecule has 0 bridgehead atoms. The summed E-state index contributed by atoms with van der Waals surface area (Å²) in [7, 11) is 3.02. The highest BCUT2D eigenvalue weighted by Gasteiger charge is 2.28. The average molecular weight is 429 g/mol. The maximum Gasteiger partial charge on any atom is 0.332 e. The molecule has 3 rings (SSSR count). The number of aromatic nitrogens is 2. The molecule has 1 aliphatic rings. The Balaban J connectivity index is 1.94. The van der Waals surface area contributed by atoms with E-state index in [-0.39, 0.29) is 29.8 Å². The van der Waals surface area contributed by atoms with Crippen molar-refractivity contribution in [2.75, 3.05) is 25.9 Å². The first-order chi connectivity index (χ1) is 14.9. The van der Waals surface area contributed by atoms with Gasteiger partial charge in [-0.1, -0.05) is 31.9 Å². The summed E-state index contributed by atoms with van der Waals surface area (Å²) < 4.78 is 7.55. The van der Waals surface area contributed by atoms with Crippen molar-refractivity contribution >= 4 is 11.6 Å². The first-order valence-corrected chi connectivity index (χ1v) is 10.9. The Morgan fingerprint density at radius 3 is 2.52 bits per heavy atom. The maximum absolute atomic E-state index is 13.3. The van der Waals surface area contributed by atoms with E-state index in [4.69, 9.17) is 10.5 Å². The number of nitrogens with zero attached hydrogens (tertiary/aromatic N) is 3. The standard InChI is InChI=1S/C23H32N4O4/c1-4-13-27-21(24)20(22(29)25(2)23(27)30)19(28)15-26-14-7-5-6-8-18(26)16-9-11-17(31-3)12-10-16/h9-12,18H,4-8,13-15,24H2,1-3H3. The van der Waals surface area contributed by atoms with Gasteiger partial charge in [-0.05, 0) is 43.5 Å². The molecule has 1 aromatic heterocycles. The molecule has 2 N–H and O–H groups in total. The lowest BCUT2D eigenvalue weighted by atomic mass is 10.00. The number of Topliss-reactive ketones (excluding diaryl/α,β-unsaturated/α-hetero) is 1. The van der Waals surface area contributed by atoms with Gasteiger partial charge in [-0.3, -0.25) is 23.6 Å². The first kappa shape index (κ1) is 22.8. The fraction of sp³-hybridized carbons (Fsp3) is 0.522. The lowest BCUT2D eigenvalue weighted by Crippen LogP contribution is -2.44. The van der Waals surface area contributed by atoms with Crippen LogP contribution in [0.15, 0.2) is 33.9 Å². The highest BCUT2D eigenvalue weighted by molar-refractivity contribution is 6.01. The number of ether oxygens (including phenoxy) is 1. The van der Waals surface area contributed by atoms with Crippen LogP contribution in [-0.4, -0.2) is 40.0 Å². The van der Waals surface area contributed by atoms with Crippen LogP contribution in [0.25, 0.3) is 0 Å². The second-order valence-corrected chi connectivity index (χ2v) is 8.09. The second kappa shape index (κ2) is 9.96. The Labute approximate surface area is 182 Å². The van der Waals surface area contributed by atoms with E-state index >= 15 is 0 Å². The molecule has 1 atom stereocenters. The molecular weight excluding hydrogens is 396 g/mol. The van der Waals surface area contributed by atoms with Crippen molar-refractivity contribution in [3.05, 3.63) is 56.2 Å². The van der Waals surface area contributed by atoms with Crippen LogP contribution in [0.5, 0.6) is 5.75 Å². The van der Waals surface area contributed by atoms with Crippen LogP contribution in [0.1, 0.15) is 61.0 Å². The van der Waals surface area contributed by atoms with Gasteiger partial charge in [0.2, 0.25) is 0 Å². The third-order valence-corrected chi connectivity index (χ3v) is 6.02. The fourth-order valence-corrected chi connectivity index (χ4v) is 4.31. The minimum absolute atomic E-state index is 0.0317. The highest BCUT2D eigenvalue weighted by atomic mass is 16.5. The number of benzene rings is 1. The molecule has 1 saturated heterocycles. The Hall–Kier alpha value is -2.87. The first-order valence-electron chi connectivity index (χ1n) is 10.9. The highest BCUT2D eigenvalue weighted by Crippen LogP contribution is 2.31. The van der Waals surface area contributed by atoms with Crippen LogP contribution in [0, 0.1) is 0 Å². The van der Waals surface area contributed by atoms with Crippen molar-refractivity contribution in [2.45, 2.75) is 51.6 Å². The molecule has 0 saturated carbocycles. The number of nitrogen functional groups attached to an aromatic ring is 1. The molecule has 8 nitrogen and oxygen atoms in total. The van der Waals surface area contributed by atoms with Crippen LogP contribution >= 0.6 is 0 Å². The summed E-state index contributed by atoms with van der Waals surface area (Å²) >= 11 is 0. The Bertz CT molecular complexity index is 1040. The van der Waals surface area contributed by atoms with Gasteiger partial charge in [0.15, 0.2) is 5.78 Å². The molecular formula is C23H32N4O4. The number of likely N-dealkylation sites (tertiary alicyclic amines) is 1. The van der Waals surface area contributed by atoms with Gasteiger partial charge < -0.3 is 10.5 Å². The summed E-state index contributed by atoms with van der Waals surface area (Å²) in [5.41, 5.74) is 6.06. The van der Waals surface area contributed by atoms with Gasteiger partial charge in [-0.2, -0.15) is 0 Å². The van der Waals surface area contributed by atoms with Crippen molar-refractivity contribution in [3.63, 3.8) is 0 Å². The van der Waals surface area contributed by atoms with Gasteiger partial charge >= 0.3 is 5.69 Å². The molecule has 31 heavy (non-hydrogen) atoms. The van der Waals surface area contributed by atoms with E-state index in [2.05, 4.69) is 4.90 Å². The number of hydrogen-bond acceptors (Lipinski definition) is 6. The van der Waals surface area contributed by atoms with Crippen molar-refractivity contribution in [3.8, 4) is 5.75 Å². The zero-order valence-electron chi connectivity index (χ0n) is 18.6. The monoisotopic (exact) mass is 428 g/mol. The number of rotatable bonds is 7. The van der Waals surface area contributed by atoms with Crippen LogP contribution in [-0.2, 0) is 13.6 Å². The van der Waals surface area contributed by atoms with Crippen LogP contribution in [0.3, 0.4) is 0 Å². The van der Waals surface area contributed by atoms with Gasteiger partial charge in [-0.25, -0.2) is 4.79 Å². The van der Waals surface area contributed by atoms with Crippen LogP contribution < -0.4 is 21.7 Å². The number of carbonyl (C=O) groups excluding carboxylic acids is 1. The Morgan fingerprint density at radius 2 is 1.87 bits per heavy atom. The van der Waals surface area contributed by atoms with E-state index < -0.39 is 11.2 Å². The van der Waals surface area contributed by atoms with Gasteiger partial charge in [0.25, 0.3) is 5.56 Å². The number of carbonyl (C=O) groups is 1. The maximum atomic E-state index is 13.3. The Morgan fingerprint density at radius 1 is 1.16 bits per heavy atom. The SMILES string of the molecule is CCCn1c(N)c(C(=O)CN2CCCCCC2c2ccc(OC)cc2)c(=O)n(C)c1=O. The third kappa shape index (κ3) is 4.74. The summed E-state index contributed by atoms with van der Waals surface area (Å²) in [6.07, 6.45) is 4.77. The second-order valence-electron chi connectivity index (χ2n) is 8.09. The molecule has 0 aliphatic carbocycles. The largest absolute Gasteiger partial charge is 0.497 e. The van der Waals surface area contributed by atoms with E-state index in [0.29, 0.717) is 13.0 Å². The number of methoxy groups -OCH3 is 1. The summed E-state index contributed by atoms with van der Waals surface area (Å²) in [5.74, 6) is 0.411. The van der Waals surface area contributed by atoms with Crippen LogP contribution in [0.2, 0.25) is 0 Å². The topological polar surface area (TPSA) is 99.6 Å². The Kier molecular flexibility index (Phi) is 7.33. The zero-order valence-corrected chi connectivity index (χ0v) is 18.6. The predicted octanol–water partition coefficient (Wildman–Crippen LogP) is 2.35. The van der Waals surface area contributed by atoms with Gasteiger partial charge in [0, 0.05) is 19.6 Å². The van der Waals surface area contributed by atoms with Gasteiger partial charge in [0.1, 0.15) is 17.1 Å². The lowest BCUT2D eigenvalue weighted by Gasteiger charge is -2.30. The van der Waals surface area contributed by atoms with Gasteiger partial charge in [0.05, 0.1) is 13.7 Å². The molecule has 8 heteroatoms. The predicted molar refractivity (Wildman–Crippen MR) is 121 cm³/mol. The number of nitrogens with two attached hydrogens (primary N) is 1. The minimum atomic E-state index is -0.629. The molecule has 1 aromatic carbocycles. The molecule has 0 radical (unpaired) electrons. The lowest BCUT2D eigenvalue weighted by molar-refractivity contribution is 0.0890. The number of anilines is 1. The van der Waals surface area contributed by atoms with Gasteiger partial charge in [-0.15, -0.1) is 0 Å². The molecule has 2 heterocycles. The fourth-order valence-electron chi connectivity index (χ4n) is 4.31. The normalized spacial score (nSPS) is 17.3. The van der Waals surface area contributed by atoms with Crippen molar-refractivity contribution in [1.29, 1.82) is 0 Å². The van der Waals surface area contributed by atoms with E-state index in [1.165, 1.54) is 11.6 Å². The van der Waals surface area contributed by atoms with Crippen molar-refractivity contribution in [1.82, 2.24) is 14.0 Å². The molecule has 0 spiro atoms. The van der Waals surface area contributed by atoms with Crippen molar-refractivity contribution < 1.29 is 9.53 Å². The molecule has 1 aliphatic heterocycles.